The van der Waals surface area contributed by atoms with Gasteiger partial charge < -0.3 is 5.73 Å². The Hall–Kier alpha value is -1.93. The van der Waals surface area contributed by atoms with Gasteiger partial charge in [-0.3, -0.25) is 9.10 Å². The van der Waals surface area contributed by atoms with Crippen LogP contribution in [0.25, 0.3) is 11.3 Å². The summed E-state index contributed by atoms with van der Waals surface area (Å²) in [6.07, 6.45) is 1.31. The van der Waals surface area contributed by atoms with Gasteiger partial charge in [-0.2, -0.15) is 0 Å². The van der Waals surface area contributed by atoms with Gasteiger partial charge >= 0.3 is 0 Å². The summed E-state index contributed by atoms with van der Waals surface area (Å²) in [4.78, 5) is 15.2. The first kappa shape index (κ1) is 16.4. The Morgan fingerprint density at radius 2 is 1.95 bits per heavy atom. The molecule has 0 aliphatic carbocycles. The minimum atomic E-state index is -3.29. The largest absolute Gasteiger partial charge is 0.369 e. The molecule has 0 bridgehead atoms. The normalized spacial score (nSPS) is 11.4. The van der Waals surface area contributed by atoms with Gasteiger partial charge in [-0.1, -0.05) is 12.1 Å². The SMILES string of the molecule is CCN(c1ccc(-c2csc(CC(N)=O)n2)cc1)S(C)(=O)=O. The van der Waals surface area contributed by atoms with E-state index in [-0.39, 0.29) is 6.42 Å². The number of anilines is 1. The predicted octanol–water partition coefficient (Wildman–Crippen LogP) is 1.62. The lowest BCUT2D eigenvalue weighted by atomic mass is 10.1. The Morgan fingerprint density at radius 1 is 1.32 bits per heavy atom. The molecule has 1 aromatic carbocycles. The van der Waals surface area contributed by atoms with E-state index < -0.39 is 15.9 Å². The summed E-state index contributed by atoms with van der Waals surface area (Å²) in [6, 6.07) is 7.11. The lowest BCUT2D eigenvalue weighted by Crippen LogP contribution is -2.29. The van der Waals surface area contributed by atoms with E-state index in [0.717, 1.165) is 11.3 Å². The molecule has 1 amide bonds. The molecule has 22 heavy (non-hydrogen) atoms. The second-order valence-corrected chi connectivity index (χ2v) is 7.59. The monoisotopic (exact) mass is 339 g/mol. The second-order valence-electron chi connectivity index (χ2n) is 4.74. The van der Waals surface area contributed by atoms with Crippen LogP contribution in [0, 0.1) is 0 Å². The third-order valence-electron chi connectivity index (χ3n) is 3.02. The van der Waals surface area contributed by atoms with Crippen molar-refractivity contribution in [1.82, 2.24) is 4.98 Å². The van der Waals surface area contributed by atoms with E-state index in [9.17, 15) is 13.2 Å². The number of carbonyl (C=O) groups excluding carboxylic acids is 1. The fraction of sp³-hybridized carbons (Fsp3) is 0.286. The van der Waals surface area contributed by atoms with Gasteiger partial charge in [0, 0.05) is 17.5 Å². The van der Waals surface area contributed by atoms with Crippen molar-refractivity contribution in [3.8, 4) is 11.3 Å². The van der Waals surface area contributed by atoms with Crippen LogP contribution in [0.2, 0.25) is 0 Å². The third-order valence-corrected chi connectivity index (χ3v) is 5.13. The molecule has 1 heterocycles. The highest BCUT2D eigenvalue weighted by atomic mass is 32.2. The van der Waals surface area contributed by atoms with Crippen LogP contribution < -0.4 is 10.0 Å². The Bertz CT molecular complexity index is 767. The molecule has 0 saturated carbocycles. The summed E-state index contributed by atoms with van der Waals surface area (Å²) >= 11 is 1.37. The minimum absolute atomic E-state index is 0.125. The van der Waals surface area contributed by atoms with Gasteiger partial charge in [0.2, 0.25) is 15.9 Å². The summed E-state index contributed by atoms with van der Waals surface area (Å²) in [6.45, 7) is 2.16. The number of hydrogen-bond acceptors (Lipinski definition) is 5. The smallest absolute Gasteiger partial charge is 0.232 e. The number of hydrogen-bond donors (Lipinski definition) is 1. The summed E-state index contributed by atoms with van der Waals surface area (Å²) < 4.78 is 24.7. The number of carbonyl (C=O) groups is 1. The van der Waals surface area contributed by atoms with Gasteiger partial charge in [-0.25, -0.2) is 13.4 Å². The first-order chi connectivity index (χ1) is 10.3. The predicted molar refractivity (Wildman–Crippen MR) is 88.3 cm³/mol. The van der Waals surface area contributed by atoms with E-state index in [0.29, 0.717) is 17.2 Å². The highest BCUT2D eigenvalue weighted by Gasteiger charge is 2.15. The number of rotatable bonds is 6. The fourth-order valence-electron chi connectivity index (χ4n) is 2.08. The summed E-state index contributed by atoms with van der Waals surface area (Å²) in [5, 5.41) is 2.51. The van der Waals surface area contributed by atoms with Gasteiger partial charge in [-0.05, 0) is 19.1 Å². The van der Waals surface area contributed by atoms with E-state index >= 15 is 0 Å². The number of nitrogens with zero attached hydrogens (tertiary/aromatic N) is 2. The van der Waals surface area contributed by atoms with Crippen molar-refractivity contribution in [1.29, 1.82) is 0 Å². The third kappa shape index (κ3) is 3.83. The molecule has 0 radical (unpaired) electrons. The molecule has 0 atom stereocenters. The van der Waals surface area contributed by atoms with E-state index in [2.05, 4.69) is 4.98 Å². The first-order valence-electron chi connectivity index (χ1n) is 6.62. The first-order valence-corrected chi connectivity index (χ1v) is 9.35. The zero-order valence-corrected chi connectivity index (χ0v) is 13.9. The molecule has 0 aliphatic rings. The van der Waals surface area contributed by atoms with Crippen molar-refractivity contribution in [2.45, 2.75) is 13.3 Å². The number of sulfonamides is 1. The topological polar surface area (TPSA) is 93.4 Å². The standard InChI is InChI=1S/C14H17N3O3S2/c1-3-17(22(2,19)20)11-6-4-10(5-7-11)12-9-21-14(16-12)8-13(15)18/h4-7,9H,3,8H2,1-2H3,(H2,15,18). The van der Waals surface area contributed by atoms with E-state index in [1.54, 1.807) is 19.1 Å². The zero-order valence-electron chi connectivity index (χ0n) is 12.3. The van der Waals surface area contributed by atoms with Crippen molar-refractivity contribution < 1.29 is 13.2 Å². The Labute approximate surface area is 133 Å². The number of primary amides is 1. The Morgan fingerprint density at radius 3 is 2.45 bits per heavy atom. The van der Waals surface area contributed by atoms with Crippen LogP contribution in [0.1, 0.15) is 11.9 Å². The zero-order chi connectivity index (χ0) is 16.3. The maximum absolute atomic E-state index is 11.7. The summed E-state index contributed by atoms with van der Waals surface area (Å²) in [5.74, 6) is -0.414. The lowest BCUT2D eigenvalue weighted by molar-refractivity contribution is -0.117. The van der Waals surface area contributed by atoms with Crippen molar-refractivity contribution in [2.75, 3.05) is 17.1 Å². The quantitative estimate of drug-likeness (QED) is 0.865. The van der Waals surface area contributed by atoms with Gasteiger partial charge in [0.1, 0.15) is 5.01 Å². The van der Waals surface area contributed by atoms with E-state index in [1.165, 1.54) is 21.9 Å². The van der Waals surface area contributed by atoms with Crippen molar-refractivity contribution in [2.24, 2.45) is 5.73 Å². The molecule has 6 nitrogen and oxygen atoms in total. The molecule has 1 aromatic heterocycles. The second kappa shape index (κ2) is 6.45. The van der Waals surface area contributed by atoms with Crippen LogP contribution >= 0.6 is 11.3 Å². The van der Waals surface area contributed by atoms with Crippen LogP contribution in [-0.4, -0.2) is 32.1 Å². The van der Waals surface area contributed by atoms with Gasteiger partial charge in [0.25, 0.3) is 0 Å². The molecule has 118 valence electrons. The van der Waals surface area contributed by atoms with E-state index in [4.69, 9.17) is 5.73 Å². The number of benzene rings is 1. The molecule has 0 aliphatic heterocycles. The molecule has 2 aromatic rings. The summed E-state index contributed by atoms with van der Waals surface area (Å²) in [5.41, 5.74) is 7.37. The molecule has 8 heteroatoms. The number of amides is 1. The van der Waals surface area contributed by atoms with Crippen LogP contribution in [0.15, 0.2) is 29.6 Å². The molecule has 0 spiro atoms. The molecular formula is C14H17N3O3S2. The number of thiazole rings is 1. The highest BCUT2D eigenvalue weighted by molar-refractivity contribution is 7.92. The maximum atomic E-state index is 11.7. The number of aromatic nitrogens is 1. The molecule has 0 unspecified atom stereocenters. The lowest BCUT2D eigenvalue weighted by Gasteiger charge is -2.20. The van der Waals surface area contributed by atoms with E-state index in [1.807, 2.05) is 17.5 Å². The number of nitrogens with two attached hydrogens (primary N) is 1. The fourth-order valence-corrected chi connectivity index (χ4v) is 3.87. The van der Waals surface area contributed by atoms with Crippen LogP contribution in [0.4, 0.5) is 5.69 Å². The van der Waals surface area contributed by atoms with Gasteiger partial charge in [-0.15, -0.1) is 11.3 Å². The average molecular weight is 339 g/mol. The highest BCUT2D eigenvalue weighted by Crippen LogP contribution is 2.25. The minimum Gasteiger partial charge on any atom is -0.369 e. The Balaban J connectivity index is 2.25. The summed E-state index contributed by atoms with van der Waals surface area (Å²) in [7, 11) is -3.29. The Kier molecular flexibility index (Phi) is 4.82. The van der Waals surface area contributed by atoms with Gasteiger partial charge in [0.05, 0.1) is 24.1 Å². The van der Waals surface area contributed by atoms with Crippen LogP contribution in [0.5, 0.6) is 0 Å². The van der Waals surface area contributed by atoms with Crippen molar-refractivity contribution in [3.63, 3.8) is 0 Å². The maximum Gasteiger partial charge on any atom is 0.232 e. The van der Waals surface area contributed by atoms with Crippen LogP contribution in [-0.2, 0) is 21.2 Å². The van der Waals surface area contributed by atoms with Crippen LogP contribution in [0.3, 0.4) is 0 Å². The molecule has 0 fully saturated rings. The molecule has 2 rings (SSSR count). The van der Waals surface area contributed by atoms with Gasteiger partial charge in [0.15, 0.2) is 0 Å². The van der Waals surface area contributed by atoms with Crippen molar-refractivity contribution >= 4 is 33.0 Å². The molecule has 0 saturated heterocycles. The van der Waals surface area contributed by atoms with Crippen molar-refractivity contribution in [3.05, 3.63) is 34.7 Å². The molecular weight excluding hydrogens is 322 g/mol. The molecule has 2 N–H and O–H groups in total. The average Bonchev–Trinajstić information content (AvgIpc) is 2.86.